The van der Waals surface area contributed by atoms with Crippen molar-refractivity contribution in [3.05, 3.63) is 29.8 Å². The summed E-state index contributed by atoms with van der Waals surface area (Å²) in [5.41, 5.74) is 0.598. The average Bonchev–Trinajstić information content (AvgIpc) is 2.80. The molecule has 1 saturated heterocycles. The molecular weight excluding hydrogens is 222 g/mol. The minimum atomic E-state index is -0.0625. The molecule has 1 aliphatic rings. The number of phenolic OH excluding ortho intramolecular Hbond substituents is 1. The average molecular weight is 237 g/mol. The van der Waals surface area contributed by atoms with Crippen LogP contribution < -0.4 is 5.32 Å². The zero-order chi connectivity index (χ0) is 11.4. The van der Waals surface area contributed by atoms with Crippen molar-refractivity contribution in [3.63, 3.8) is 0 Å². The summed E-state index contributed by atoms with van der Waals surface area (Å²) >= 11 is 1.93. The monoisotopic (exact) mass is 237 g/mol. The van der Waals surface area contributed by atoms with Gasteiger partial charge >= 0.3 is 0 Å². The van der Waals surface area contributed by atoms with Crippen LogP contribution in [0, 0.1) is 0 Å². The molecule has 1 aliphatic heterocycles. The molecule has 86 valence electrons. The largest absolute Gasteiger partial charge is 0.508 e. The number of phenols is 1. The molecule has 0 aliphatic carbocycles. The Morgan fingerprint density at radius 2 is 2.19 bits per heavy atom. The van der Waals surface area contributed by atoms with Crippen LogP contribution in [0.1, 0.15) is 23.2 Å². The number of aromatic hydroxyl groups is 1. The number of amides is 1. The number of carbonyl (C=O) groups is 1. The predicted octanol–water partition coefficient (Wildman–Crippen LogP) is 2.02. The number of hydrogen-bond acceptors (Lipinski definition) is 3. The zero-order valence-electron chi connectivity index (χ0n) is 8.98. The second-order valence-electron chi connectivity index (χ2n) is 3.89. The Balaban J connectivity index is 1.85. The number of carbonyl (C=O) groups excluding carboxylic acids is 1. The lowest BCUT2D eigenvalue weighted by Crippen LogP contribution is -2.29. The van der Waals surface area contributed by atoms with Crippen LogP contribution in [0.4, 0.5) is 0 Å². The first-order chi connectivity index (χ1) is 7.75. The van der Waals surface area contributed by atoms with Crippen molar-refractivity contribution in [2.24, 2.45) is 0 Å². The van der Waals surface area contributed by atoms with Crippen molar-refractivity contribution in [1.82, 2.24) is 5.32 Å². The first-order valence-electron chi connectivity index (χ1n) is 5.44. The maximum atomic E-state index is 11.7. The Kier molecular flexibility index (Phi) is 3.72. The summed E-state index contributed by atoms with van der Waals surface area (Å²) in [6.45, 7) is 0.740. The van der Waals surface area contributed by atoms with Gasteiger partial charge in [-0.1, -0.05) is 0 Å². The number of benzene rings is 1. The van der Waals surface area contributed by atoms with Crippen LogP contribution in [0.2, 0.25) is 0 Å². The molecule has 1 aromatic carbocycles. The highest BCUT2D eigenvalue weighted by Crippen LogP contribution is 2.25. The summed E-state index contributed by atoms with van der Waals surface area (Å²) in [4.78, 5) is 11.7. The molecule has 1 amide bonds. The molecule has 1 unspecified atom stereocenters. The fourth-order valence-electron chi connectivity index (χ4n) is 1.73. The smallest absolute Gasteiger partial charge is 0.251 e. The van der Waals surface area contributed by atoms with Gasteiger partial charge in [0.05, 0.1) is 0 Å². The highest BCUT2D eigenvalue weighted by Gasteiger charge is 2.16. The lowest BCUT2D eigenvalue weighted by molar-refractivity contribution is 0.0953. The molecule has 0 saturated carbocycles. The molecule has 1 aromatic rings. The van der Waals surface area contributed by atoms with Crippen molar-refractivity contribution in [1.29, 1.82) is 0 Å². The van der Waals surface area contributed by atoms with Gasteiger partial charge < -0.3 is 10.4 Å². The third kappa shape index (κ3) is 2.92. The van der Waals surface area contributed by atoms with Gasteiger partial charge in [0, 0.05) is 17.4 Å². The number of rotatable bonds is 3. The zero-order valence-corrected chi connectivity index (χ0v) is 9.80. The maximum Gasteiger partial charge on any atom is 0.251 e. The van der Waals surface area contributed by atoms with Gasteiger partial charge in [0.2, 0.25) is 0 Å². The minimum Gasteiger partial charge on any atom is -0.508 e. The molecule has 4 heteroatoms. The summed E-state index contributed by atoms with van der Waals surface area (Å²) in [5, 5.41) is 12.6. The van der Waals surface area contributed by atoms with Crippen LogP contribution in [0.5, 0.6) is 5.75 Å². The number of nitrogens with one attached hydrogen (secondary N) is 1. The molecule has 2 rings (SSSR count). The fourth-order valence-corrected chi connectivity index (χ4v) is 2.93. The second-order valence-corrected chi connectivity index (χ2v) is 5.30. The molecule has 0 bridgehead atoms. The van der Waals surface area contributed by atoms with Crippen LogP contribution in [-0.4, -0.2) is 28.6 Å². The van der Waals surface area contributed by atoms with Crippen molar-refractivity contribution in [2.45, 2.75) is 18.1 Å². The van der Waals surface area contributed by atoms with Crippen LogP contribution in [0.3, 0.4) is 0 Å². The van der Waals surface area contributed by atoms with Gasteiger partial charge in [-0.15, -0.1) is 0 Å². The summed E-state index contributed by atoms with van der Waals surface area (Å²) < 4.78 is 0. The van der Waals surface area contributed by atoms with E-state index >= 15 is 0 Å². The van der Waals surface area contributed by atoms with E-state index < -0.39 is 0 Å². The maximum absolute atomic E-state index is 11.7. The van der Waals surface area contributed by atoms with E-state index in [1.807, 2.05) is 11.8 Å². The molecule has 1 heterocycles. The van der Waals surface area contributed by atoms with Gasteiger partial charge in [-0.25, -0.2) is 0 Å². The summed E-state index contributed by atoms with van der Waals surface area (Å²) in [6.07, 6.45) is 2.45. The molecule has 0 radical (unpaired) electrons. The molecule has 2 N–H and O–H groups in total. The lowest BCUT2D eigenvalue weighted by Gasteiger charge is -2.10. The summed E-state index contributed by atoms with van der Waals surface area (Å²) in [5.74, 6) is 1.33. The van der Waals surface area contributed by atoms with E-state index in [0.29, 0.717) is 10.8 Å². The normalized spacial score (nSPS) is 19.6. The lowest BCUT2D eigenvalue weighted by atomic mass is 10.2. The molecule has 1 atom stereocenters. The molecule has 16 heavy (non-hydrogen) atoms. The fraction of sp³-hybridized carbons (Fsp3) is 0.417. The van der Waals surface area contributed by atoms with Crippen LogP contribution in [0.15, 0.2) is 24.3 Å². The topological polar surface area (TPSA) is 49.3 Å². The molecular formula is C12H15NO2S. The Labute approximate surface area is 99.2 Å². The summed E-state index contributed by atoms with van der Waals surface area (Å²) in [7, 11) is 0. The van der Waals surface area contributed by atoms with E-state index in [4.69, 9.17) is 5.11 Å². The van der Waals surface area contributed by atoms with Gasteiger partial charge in [0.15, 0.2) is 0 Å². The van der Waals surface area contributed by atoms with E-state index in [-0.39, 0.29) is 11.7 Å². The van der Waals surface area contributed by atoms with Gasteiger partial charge in [0.25, 0.3) is 5.91 Å². The quantitative estimate of drug-likeness (QED) is 0.845. The SMILES string of the molecule is O=C(NCC1CCCS1)c1ccc(O)cc1. The van der Waals surface area contributed by atoms with E-state index in [1.54, 1.807) is 12.1 Å². The van der Waals surface area contributed by atoms with E-state index in [2.05, 4.69) is 5.32 Å². The Morgan fingerprint density at radius 1 is 1.44 bits per heavy atom. The first kappa shape index (κ1) is 11.3. The van der Waals surface area contributed by atoms with Crippen LogP contribution >= 0.6 is 11.8 Å². The third-order valence-electron chi connectivity index (χ3n) is 2.64. The summed E-state index contributed by atoms with van der Waals surface area (Å²) in [6, 6.07) is 6.32. The van der Waals surface area contributed by atoms with Gasteiger partial charge in [-0.3, -0.25) is 4.79 Å². The molecule has 1 fully saturated rings. The molecule has 0 spiro atoms. The van der Waals surface area contributed by atoms with Gasteiger partial charge in [0.1, 0.15) is 5.75 Å². The highest BCUT2D eigenvalue weighted by molar-refractivity contribution is 8.00. The van der Waals surface area contributed by atoms with Crippen LogP contribution in [-0.2, 0) is 0 Å². The standard InChI is InChI=1S/C12H15NO2S/c14-10-5-3-9(4-6-10)12(15)13-8-11-2-1-7-16-11/h3-6,11,14H,1-2,7-8H2,(H,13,15). The first-order valence-corrected chi connectivity index (χ1v) is 6.49. The molecule has 3 nitrogen and oxygen atoms in total. The van der Waals surface area contributed by atoms with E-state index in [1.165, 1.54) is 30.7 Å². The second kappa shape index (κ2) is 5.25. The number of hydrogen-bond donors (Lipinski definition) is 2. The van der Waals surface area contributed by atoms with Crippen molar-refractivity contribution in [2.75, 3.05) is 12.3 Å². The van der Waals surface area contributed by atoms with E-state index in [9.17, 15) is 4.79 Å². The van der Waals surface area contributed by atoms with E-state index in [0.717, 1.165) is 6.54 Å². The van der Waals surface area contributed by atoms with Gasteiger partial charge in [-0.05, 0) is 42.9 Å². The highest BCUT2D eigenvalue weighted by atomic mass is 32.2. The molecule has 0 aromatic heterocycles. The third-order valence-corrected chi connectivity index (χ3v) is 4.04. The van der Waals surface area contributed by atoms with Crippen molar-refractivity contribution >= 4 is 17.7 Å². The minimum absolute atomic E-state index is 0.0625. The Hall–Kier alpha value is -1.16. The van der Waals surface area contributed by atoms with Gasteiger partial charge in [-0.2, -0.15) is 11.8 Å². The Morgan fingerprint density at radius 3 is 2.81 bits per heavy atom. The number of thioether (sulfide) groups is 1. The van der Waals surface area contributed by atoms with Crippen molar-refractivity contribution in [3.8, 4) is 5.75 Å². The Bertz CT molecular complexity index is 358. The van der Waals surface area contributed by atoms with Crippen LogP contribution in [0.25, 0.3) is 0 Å². The van der Waals surface area contributed by atoms with Crippen molar-refractivity contribution < 1.29 is 9.90 Å². The predicted molar refractivity (Wildman–Crippen MR) is 65.9 cm³/mol.